The first kappa shape index (κ1) is 16.1. The van der Waals surface area contributed by atoms with Gasteiger partial charge < -0.3 is 4.90 Å². The van der Waals surface area contributed by atoms with Gasteiger partial charge in [0, 0.05) is 18.3 Å². The van der Waals surface area contributed by atoms with E-state index in [1.54, 1.807) is 0 Å². The van der Waals surface area contributed by atoms with Gasteiger partial charge in [-0.25, -0.2) is 0 Å². The van der Waals surface area contributed by atoms with Crippen LogP contribution in [0.1, 0.15) is 18.1 Å². The van der Waals surface area contributed by atoms with E-state index in [0.717, 1.165) is 25.1 Å². The summed E-state index contributed by atoms with van der Waals surface area (Å²) in [6, 6.07) is 21.2. The maximum absolute atomic E-state index is 4.06. The zero-order chi connectivity index (χ0) is 15.8. The Hall–Kier alpha value is -2.28. The summed E-state index contributed by atoms with van der Waals surface area (Å²) in [4.78, 5) is 2.35. The zero-order valence-corrected chi connectivity index (χ0v) is 13.4. The number of hydrogen-bond donors (Lipinski definition) is 0. The van der Waals surface area contributed by atoms with Gasteiger partial charge in [-0.05, 0) is 37.0 Å². The van der Waals surface area contributed by atoms with Gasteiger partial charge in [-0.2, -0.15) is 0 Å². The van der Waals surface area contributed by atoms with Crippen molar-refractivity contribution in [2.24, 2.45) is 0 Å². The van der Waals surface area contributed by atoms with Crippen molar-refractivity contribution in [3.63, 3.8) is 0 Å². The third kappa shape index (κ3) is 4.36. The van der Waals surface area contributed by atoms with Gasteiger partial charge in [-0.15, -0.1) is 0 Å². The summed E-state index contributed by atoms with van der Waals surface area (Å²) < 4.78 is 0. The first-order chi connectivity index (χ1) is 10.7. The first-order valence-corrected chi connectivity index (χ1v) is 7.87. The molecule has 0 saturated carbocycles. The van der Waals surface area contributed by atoms with Crippen molar-refractivity contribution in [1.29, 1.82) is 0 Å². The molecular formula is C21H25N. The van der Waals surface area contributed by atoms with Gasteiger partial charge in [-0.3, -0.25) is 0 Å². The van der Waals surface area contributed by atoms with Crippen LogP contribution in [0.25, 0.3) is 0 Å². The normalized spacial score (nSPS) is 16.6. The molecule has 0 amide bonds. The molecule has 0 bridgehead atoms. The average molecular weight is 291 g/mol. The lowest BCUT2D eigenvalue weighted by atomic mass is 10.0. The molecule has 1 aliphatic rings. The Morgan fingerprint density at radius 1 is 1.00 bits per heavy atom. The molecule has 0 spiro atoms. The van der Waals surface area contributed by atoms with Crippen LogP contribution >= 0.6 is 0 Å². The predicted molar refractivity (Wildman–Crippen MR) is 95.8 cm³/mol. The van der Waals surface area contributed by atoms with E-state index in [0.29, 0.717) is 6.04 Å². The number of hydrogen-bond acceptors (Lipinski definition) is 1. The Morgan fingerprint density at radius 2 is 1.55 bits per heavy atom. The Labute approximate surface area is 134 Å². The van der Waals surface area contributed by atoms with Crippen molar-refractivity contribution in [3.05, 3.63) is 96.7 Å². The lowest BCUT2D eigenvalue weighted by Gasteiger charge is -2.29. The van der Waals surface area contributed by atoms with E-state index in [1.807, 2.05) is 42.5 Å². The number of nitrogens with zero attached hydrogens (tertiary/aromatic N) is 1. The van der Waals surface area contributed by atoms with Crippen molar-refractivity contribution in [1.82, 2.24) is 4.90 Å². The van der Waals surface area contributed by atoms with Crippen molar-refractivity contribution in [3.8, 4) is 0 Å². The van der Waals surface area contributed by atoms with Gasteiger partial charge >= 0.3 is 0 Å². The molecule has 2 aromatic rings. The summed E-state index contributed by atoms with van der Waals surface area (Å²) in [7, 11) is 0. The highest BCUT2D eigenvalue weighted by molar-refractivity contribution is 5.30. The van der Waals surface area contributed by atoms with Crippen molar-refractivity contribution >= 4 is 0 Å². The molecule has 0 N–H and O–H groups in total. The van der Waals surface area contributed by atoms with Gasteiger partial charge in [0.15, 0.2) is 0 Å². The summed E-state index contributed by atoms with van der Waals surface area (Å²) in [5.41, 5.74) is 4.00. The minimum absolute atomic E-state index is 0.508. The van der Waals surface area contributed by atoms with Crippen LogP contribution in [0.2, 0.25) is 0 Å². The van der Waals surface area contributed by atoms with Gasteiger partial charge in [0.05, 0.1) is 0 Å². The molecule has 0 saturated heterocycles. The number of rotatable bonds is 2. The summed E-state index contributed by atoms with van der Waals surface area (Å²) in [6.07, 6.45) is 4.06. The second kappa shape index (κ2) is 8.23. The maximum atomic E-state index is 4.06. The molecule has 22 heavy (non-hydrogen) atoms. The Bertz CT molecular complexity index is 574. The third-order valence-electron chi connectivity index (χ3n) is 4.06. The fourth-order valence-electron chi connectivity index (χ4n) is 2.82. The molecule has 0 aliphatic carbocycles. The van der Waals surface area contributed by atoms with Crippen LogP contribution in [0.15, 0.2) is 85.6 Å². The maximum Gasteiger partial charge on any atom is 0.0302 e. The Balaban J connectivity index is 0.000000246. The van der Waals surface area contributed by atoms with E-state index < -0.39 is 0 Å². The van der Waals surface area contributed by atoms with E-state index in [9.17, 15) is 0 Å². The topological polar surface area (TPSA) is 3.24 Å². The minimum atomic E-state index is 0.508. The van der Waals surface area contributed by atoms with Crippen LogP contribution in [0.3, 0.4) is 0 Å². The van der Waals surface area contributed by atoms with Crippen molar-refractivity contribution < 1.29 is 0 Å². The van der Waals surface area contributed by atoms with Crippen LogP contribution in [0.4, 0.5) is 0 Å². The molecule has 0 fully saturated rings. The SMILES string of the molecule is C=CC(=C)N1CCc2ccccc2CC1C.c1ccccc1. The second-order valence-corrected chi connectivity index (χ2v) is 5.62. The summed E-state index contributed by atoms with van der Waals surface area (Å²) in [6.45, 7) is 11.2. The monoisotopic (exact) mass is 291 g/mol. The third-order valence-corrected chi connectivity index (χ3v) is 4.06. The molecule has 1 aliphatic heterocycles. The quantitative estimate of drug-likeness (QED) is 0.714. The van der Waals surface area contributed by atoms with Gasteiger partial charge in [-0.1, -0.05) is 73.8 Å². The highest BCUT2D eigenvalue weighted by Gasteiger charge is 2.19. The highest BCUT2D eigenvalue weighted by atomic mass is 15.2. The largest absolute Gasteiger partial charge is 0.369 e. The van der Waals surface area contributed by atoms with Gasteiger partial charge in [0.25, 0.3) is 0 Å². The summed E-state index contributed by atoms with van der Waals surface area (Å²) in [5, 5.41) is 0. The highest BCUT2D eigenvalue weighted by Crippen LogP contribution is 2.22. The Kier molecular flexibility index (Phi) is 6.02. The molecule has 1 unspecified atom stereocenters. The average Bonchev–Trinajstić information content (AvgIpc) is 2.74. The molecular weight excluding hydrogens is 266 g/mol. The standard InChI is InChI=1S/C15H19N.C6H6/c1-4-12(2)16-10-9-14-7-5-6-8-15(14)11-13(16)3;1-2-4-6-5-3-1/h4-8,13H,1-2,9-11H2,3H3;1-6H. The second-order valence-electron chi connectivity index (χ2n) is 5.62. The molecule has 1 atom stereocenters. The fourth-order valence-corrected chi connectivity index (χ4v) is 2.82. The number of allylic oxidation sites excluding steroid dienone is 1. The van der Waals surface area contributed by atoms with E-state index in [1.165, 1.54) is 11.1 Å². The summed E-state index contributed by atoms with van der Waals surface area (Å²) in [5.74, 6) is 0. The molecule has 2 aromatic carbocycles. The fraction of sp³-hybridized carbons (Fsp3) is 0.238. The lowest BCUT2D eigenvalue weighted by Crippen LogP contribution is -2.32. The smallest absolute Gasteiger partial charge is 0.0302 e. The van der Waals surface area contributed by atoms with Crippen molar-refractivity contribution in [2.45, 2.75) is 25.8 Å². The minimum Gasteiger partial charge on any atom is -0.369 e. The van der Waals surface area contributed by atoms with Crippen LogP contribution in [-0.2, 0) is 12.8 Å². The molecule has 1 heteroatoms. The van der Waals surface area contributed by atoms with Crippen LogP contribution in [-0.4, -0.2) is 17.5 Å². The number of benzene rings is 2. The Morgan fingerprint density at radius 3 is 2.09 bits per heavy atom. The lowest BCUT2D eigenvalue weighted by molar-refractivity contribution is 0.287. The number of fused-ring (bicyclic) bond motifs is 1. The zero-order valence-electron chi connectivity index (χ0n) is 13.4. The van der Waals surface area contributed by atoms with Crippen LogP contribution < -0.4 is 0 Å². The molecule has 1 heterocycles. The van der Waals surface area contributed by atoms with Crippen molar-refractivity contribution in [2.75, 3.05) is 6.54 Å². The summed E-state index contributed by atoms with van der Waals surface area (Å²) >= 11 is 0. The van der Waals surface area contributed by atoms with E-state index in [-0.39, 0.29) is 0 Å². The van der Waals surface area contributed by atoms with E-state index in [4.69, 9.17) is 0 Å². The van der Waals surface area contributed by atoms with E-state index in [2.05, 4.69) is 49.2 Å². The van der Waals surface area contributed by atoms with Crippen LogP contribution in [0.5, 0.6) is 0 Å². The first-order valence-electron chi connectivity index (χ1n) is 7.87. The molecule has 3 rings (SSSR count). The van der Waals surface area contributed by atoms with E-state index >= 15 is 0 Å². The molecule has 114 valence electrons. The molecule has 0 radical (unpaired) electrons. The van der Waals surface area contributed by atoms with Gasteiger partial charge in [0.2, 0.25) is 0 Å². The van der Waals surface area contributed by atoms with Crippen LogP contribution in [0, 0.1) is 0 Å². The molecule has 0 aromatic heterocycles. The molecule has 1 nitrogen and oxygen atoms in total. The predicted octanol–water partition coefficient (Wildman–Crippen LogP) is 4.86. The van der Waals surface area contributed by atoms with Gasteiger partial charge in [0.1, 0.15) is 0 Å².